The molecular formula is C6H9NO. The van der Waals surface area contributed by atoms with Crippen LogP contribution in [0.2, 0.25) is 0 Å². The smallest absolute Gasteiger partial charge is 0.0947 e. The van der Waals surface area contributed by atoms with Crippen molar-refractivity contribution in [3.05, 3.63) is 24.2 Å². The van der Waals surface area contributed by atoms with Gasteiger partial charge in [0.25, 0.3) is 0 Å². The van der Waals surface area contributed by atoms with Crippen molar-refractivity contribution < 1.29 is 4.42 Å². The lowest BCUT2D eigenvalue weighted by Crippen LogP contribution is -2.03. The van der Waals surface area contributed by atoms with Gasteiger partial charge in [0.15, 0.2) is 0 Å². The van der Waals surface area contributed by atoms with Gasteiger partial charge >= 0.3 is 0 Å². The summed E-state index contributed by atoms with van der Waals surface area (Å²) in [6.45, 7) is 0.885. The van der Waals surface area contributed by atoms with E-state index in [0.717, 1.165) is 6.54 Å². The fraction of sp³-hybridized carbons (Fsp3) is 0.333. The Hall–Kier alpha value is -0.760. The minimum Gasteiger partial charge on any atom is -0.472 e. The van der Waals surface area contributed by atoms with E-state index in [1.54, 1.807) is 12.5 Å². The number of rotatable bonds is 2. The van der Waals surface area contributed by atoms with E-state index in [-0.39, 0.29) is 0 Å². The maximum Gasteiger partial charge on any atom is 0.0947 e. The van der Waals surface area contributed by atoms with Gasteiger partial charge in [-0.15, -0.1) is 0 Å². The van der Waals surface area contributed by atoms with Crippen molar-refractivity contribution in [1.29, 1.82) is 0 Å². The third-order valence-electron chi connectivity index (χ3n) is 0.961. The average Bonchev–Trinajstić information content (AvgIpc) is 2.19. The van der Waals surface area contributed by atoms with Crippen LogP contribution in [0.1, 0.15) is 5.56 Å². The molecule has 0 unspecified atom stereocenters. The van der Waals surface area contributed by atoms with Crippen molar-refractivity contribution in [2.24, 2.45) is 0 Å². The summed E-state index contributed by atoms with van der Waals surface area (Å²) >= 11 is 0. The van der Waals surface area contributed by atoms with Gasteiger partial charge in [0, 0.05) is 12.1 Å². The van der Waals surface area contributed by atoms with Gasteiger partial charge in [-0.05, 0) is 13.1 Å². The molecule has 0 fully saturated rings. The molecule has 0 amide bonds. The van der Waals surface area contributed by atoms with Crippen LogP contribution in [0.4, 0.5) is 0 Å². The second-order valence-corrected chi connectivity index (χ2v) is 1.66. The van der Waals surface area contributed by atoms with Crippen molar-refractivity contribution in [1.82, 2.24) is 5.32 Å². The maximum atomic E-state index is 4.83. The van der Waals surface area contributed by atoms with Crippen LogP contribution < -0.4 is 5.32 Å². The van der Waals surface area contributed by atoms with Crippen LogP contribution >= 0.6 is 0 Å². The molecule has 1 rings (SSSR count). The second kappa shape index (κ2) is 2.52. The molecule has 1 N–H and O–H groups in total. The number of furan rings is 1. The maximum absolute atomic E-state index is 4.83. The van der Waals surface area contributed by atoms with Crippen molar-refractivity contribution in [2.75, 3.05) is 7.05 Å². The molecule has 0 aliphatic rings. The summed E-state index contributed by atoms with van der Waals surface area (Å²) in [4.78, 5) is 0. The SMILES string of the molecule is CNCc1ccoc1. The summed E-state index contributed by atoms with van der Waals surface area (Å²) in [5.41, 5.74) is 1.19. The van der Waals surface area contributed by atoms with Crippen molar-refractivity contribution in [3.8, 4) is 0 Å². The Morgan fingerprint density at radius 3 is 3.12 bits per heavy atom. The predicted octanol–water partition coefficient (Wildman–Crippen LogP) is 0.999. The van der Waals surface area contributed by atoms with E-state index >= 15 is 0 Å². The molecule has 44 valence electrons. The minimum absolute atomic E-state index is 0.885. The number of hydrogen-bond donors (Lipinski definition) is 1. The number of hydrogen-bond acceptors (Lipinski definition) is 2. The van der Waals surface area contributed by atoms with E-state index in [9.17, 15) is 0 Å². The van der Waals surface area contributed by atoms with Gasteiger partial charge in [-0.25, -0.2) is 0 Å². The molecule has 0 radical (unpaired) electrons. The summed E-state index contributed by atoms with van der Waals surface area (Å²) < 4.78 is 4.83. The quantitative estimate of drug-likeness (QED) is 0.615. The van der Waals surface area contributed by atoms with Gasteiger partial charge in [0.1, 0.15) is 0 Å². The van der Waals surface area contributed by atoms with Gasteiger partial charge in [0.2, 0.25) is 0 Å². The Bertz CT molecular complexity index is 134. The summed E-state index contributed by atoms with van der Waals surface area (Å²) in [6.07, 6.45) is 3.41. The first-order chi connectivity index (χ1) is 3.93. The fourth-order valence-corrected chi connectivity index (χ4v) is 0.597. The molecule has 0 bridgehead atoms. The Morgan fingerprint density at radius 2 is 2.62 bits per heavy atom. The molecule has 1 aromatic heterocycles. The second-order valence-electron chi connectivity index (χ2n) is 1.66. The first kappa shape index (κ1) is 5.38. The molecule has 0 aliphatic carbocycles. The first-order valence-electron chi connectivity index (χ1n) is 2.59. The Kier molecular flexibility index (Phi) is 1.70. The Balaban J connectivity index is 2.50. The largest absolute Gasteiger partial charge is 0.472 e. The standard InChI is InChI=1S/C6H9NO/c1-7-4-6-2-3-8-5-6/h2-3,5,7H,4H2,1H3. The van der Waals surface area contributed by atoms with E-state index in [0.29, 0.717) is 0 Å². The number of nitrogens with one attached hydrogen (secondary N) is 1. The molecule has 1 aromatic rings. The third-order valence-corrected chi connectivity index (χ3v) is 0.961. The molecule has 8 heavy (non-hydrogen) atoms. The molecule has 0 saturated carbocycles. The molecule has 0 aliphatic heterocycles. The average molecular weight is 111 g/mol. The van der Waals surface area contributed by atoms with Gasteiger partial charge in [0.05, 0.1) is 12.5 Å². The Morgan fingerprint density at radius 1 is 1.75 bits per heavy atom. The van der Waals surface area contributed by atoms with Gasteiger partial charge in [-0.1, -0.05) is 0 Å². The summed E-state index contributed by atoms with van der Waals surface area (Å²) in [7, 11) is 1.91. The highest BCUT2D eigenvalue weighted by atomic mass is 16.3. The molecule has 0 aromatic carbocycles. The highest BCUT2D eigenvalue weighted by Gasteiger charge is 1.87. The third kappa shape index (κ3) is 1.10. The zero-order valence-electron chi connectivity index (χ0n) is 4.85. The summed E-state index contributed by atoms with van der Waals surface area (Å²) in [5.74, 6) is 0. The van der Waals surface area contributed by atoms with Crippen LogP contribution in [-0.4, -0.2) is 7.05 Å². The van der Waals surface area contributed by atoms with E-state index in [2.05, 4.69) is 5.32 Å². The van der Waals surface area contributed by atoms with Crippen LogP contribution in [0.15, 0.2) is 23.0 Å². The van der Waals surface area contributed by atoms with Crippen LogP contribution in [0.25, 0.3) is 0 Å². The fourth-order valence-electron chi connectivity index (χ4n) is 0.597. The highest BCUT2D eigenvalue weighted by Crippen LogP contribution is 1.96. The molecule has 1 heterocycles. The predicted molar refractivity (Wildman–Crippen MR) is 31.5 cm³/mol. The van der Waals surface area contributed by atoms with Crippen molar-refractivity contribution in [2.45, 2.75) is 6.54 Å². The summed E-state index contributed by atoms with van der Waals surface area (Å²) in [5, 5.41) is 3.01. The van der Waals surface area contributed by atoms with Gasteiger partial charge in [-0.2, -0.15) is 0 Å². The summed E-state index contributed by atoms with van der Waals surface area (Å²) in [6, 6.07) is 1.94. The van der Waals surface area contributed by atoms with E-state index < -0.39 is 0 Å². The van der Waals surface area contributed by atoms with Crippen LogP contribution in [0.3, 0.4) is 0 Å². The highest BCUT2D eigenvalue weighted by molar-refractivity contribution is 5.03. The van der Waals surface area contributed by atoms with E-state index in [4.69, 9.17) is 4.42 Å². The van der Waals surface area contributed by atoms with Gasteiger partial charge in [-0.3, -0.25) is 0 Å². The van der Waals surface area contributed by atoms with Gasteiger partial charge < -0.3 is 9.73 Å². The lowest BCUT2D eigenvalue weighted by atomic mass is 10.3. The minimum atomic E-state index is 0.885. The first-order valence-corrected chi connectivity index (χ1v) is 2.59. The van der Waals surface area contributed by atoms with Crippen LogP contribution in [0.5, 0.6) is 0 Å². The van der Waals surface area contributed by atoms with E-state index in [1.165, 1.54) is 5.56 Å². The molecular weight excluding hydrogens is 102 g/mol. The van der Waals surface area contributed by atoms with E-state index in [1.807, 2.05) is 13.1 Å². The lowest BCUT2D eigenvalue weighted by molar-refractivity contribution is 0.562. The molecule has 2 heteroatoms. The lowest BCUT2D eigenvalue weighted by Gasteiger charge is -1.88. The Labute approximate surface area is 48.5 Å². The molecule has 0 spiro atoms. The van der Waals surface area contributed by atoms with Crippen molar-refractivity contribution in [3.63, 3.8) is 0 Å². The molecule has 2 nitrogen and oxygen atoms in total. The zero-order valence-corrected chi connectivity index (χ0v) is 4.85. The topological polar surface area (TPSA) is 25.2 Å². The zero-order chi connectivity index (χ0) is 5.82. The van der Waals surface area contributed by atoms with Crippen LogP contribution in [-0.2, 0) is 6.54 Å². The van der Waals surface area contributed by atoms with Crippen molar-refractivity contribution >= 4 is 0 Å². The molecule has 0 saturated heterocycles. The molecule has 0 atom stereocenters. The monoisotopic (exact) mass is 111 g/mol. The van der Waals surface area contributed by atoms with Crippen LogP contribution in [0, 0.1) is 0 Å². The normalized spacial score (nSPS) is 9.62.